The van der Waals surface area contributed by atoms with E-state index in [1.807, 2.05) is 42.5 Å². The molecule has 0 amide bonds. The van der Waals surface area contributed by atoms with Crippen molar-refractivity contribution in [1.82, 2.24) is 0 Å². The van der Waals surface area contributed by atoms with Gasteiger partial charge in [0.25, 0.3) is 0 Å². The molecule has 0 bridgehead atoms. The molecule has 156 valence electrons. The van der Waals surface area contributed by atoms with E-state index in [2.05, 4.69) is 38.8 Å². The Morgan fingerprint density at radius 1 is 0.839 bits per heavy atom. The van der Waals surface area contributed by atoms with Crippen LogP contribution in [-0.2, 0) is 6.42 Å². The van der Waals surface area contributed by atoms with Crippen molar-refractivity contribution in [2.24, 2.45) is 0 Å². The highest BCUT2D eigenvalue weighted by Crippen LogP contribution is 2.49. The van der Waals surface area contributed by atoms with Gasteiger partial charge in [-0.15, -0.1) is 0 Å². The van der Waals surface area contributed by atoms with Gasteiger partial charge in [-0.1, -0.05) is 118 Å². The first-order valence-corrected chi connectivity index (χ1v) is 11.8. The molecule has 0 radical (unpaired) electrons. The van der Waals surface area contributed by atoms with Gasteiger partial charge in [0.2, 0.25) is 0 Å². The summed E-state index contributed by atoms with van der Waals surface area (Å²) in [4.78, 5) is 39.6. The van der Waals surface area contributed by atoms with Crippen molar-refractivity contribution >= 4 is 49.2 Å². The molecule has 0 unspecified atom stereocenters. The molecule has 5 heteroatoms. The van der Waals surface area contributed by atoms with Gasteiger partial charge in [0.15, 0.2) is 21.7 Å². The molecular formula is C26H20Br2O3. The number of fused-ring (bicyclic) bond motifs is 1. The van der Waals surface area contributed by atoms with Crippen LogP contribution < -0.4 is 0 Å². The van der Waals surface area contributed by atoms with E-state index in [0.29, 0.717) is 16.7 Å². The van der Waals surface area contributed by atoms with Crippen LogP contribution in [0.2, 0.25) is 0 Å². The summed E-state index contributed by atoms with van der Waals surface area (Å²) >= 11 is 7.12. The van der Waals surface area contributed by atoms with Crippen LogP contribution in [0.3, 0.4) is 0 Å². The van der Waals surface area contributed by atoms with Crippen molar-refractivity contribution < 1.29 is 14.4 Å². The first kappa shape index (κ1) is 21.8. The second-order valence-electron chi connectivity index (χ2n) is 7.62. The number of carbonyl (C=O) groups excluding carboxylic acids is 3. The molecular weight excluding hydrogens is 520 g/mol. The lowest BCUT2D eigenvalue weighted by Gasteiger charge is -2.33. The van der Waals surface area contributed by atoms with Gasteiger partial charge in [0.1, 0.15) is 0 Å². The van der Waals surface area contributed by atoms with Crippen LogP contribution in [-0.4, -0.2) is 26.5 Å². The average Bonchev–Trinajstić information content (AvgIpc) is 3.01. The SMILES string of the molecule is CCc1ccc(C(=O)[C@H](Br)[C@@H](c2ccccc2)C2(Br)C(=O)c3ccccc3C2=O)cc1. The number of hydrogen-bond donors (Lipinski definition) is 0. The number of ketones is 3. The van der Waals surface area contributed by atoms with E-state index in [1.165, 1.54) is 0 Å². The van der Waals surface area contributed by atoms with Gasteiger partial charge in [-0.2, -0.15) is 0 Å². The quantitative estimate of drug-likeness (QED) is 0.213. The van der Waals surface area contributed by atoms with E-state index in [1.54, 1.807) is 36.4 Å². The number of carbonyl (C=O) groups is 3. The first-order chi connectivity index (χ1) is 14.9. The molecule has 2 atom stereocenters. The third kappa shape index (κ3) is 3.64. The average molecular weight is 540 g/mol. The fourth-order valence-electron chi connectivity index (χ4n) is 4.13. The van der Waals surface area contributed by atoms with Crippen LogP contribution in [0.25, 0.3) is 0 Å². The van der Waals surface area contributed by atoms with Crippen molar-refractivity contribution in [1.29, 1.82) is 0 Å². The van der Waals surface area contributed by atoms with Crippen molar-refractivity contribution in [3.63, 3.8) is 0 Å². The minimum absolute atomic E-state index is 0.174. The zero-order valence-electron chi connectivity index (χ0n) is 16.8. The zero-order valence-corrected chi connectivity index (χ0v) is 20.0. The molecule has 0 saturated heterocycles. The molecule has 3 aromatic carbocycles. The predicted molar refractivity (Wildman–Crippen MR) is 129 cm³/mol. The van der Waals surface area contributed by atoms with E-state index in [4.69, 9.17) is 0 Å². The summed E-state index contributed by atoms with van der Waals surface area (Å²) in [6.45, 7) is 2.05. The van der Waals surface area contributed by atoms with Crippen LogP contribution in [0.5, 0.6) is 0 Å². The first-order valence-electron chi connectivity index (χ1n) is 10.1. The largest absolute Gasteiger partial charge is 0.293 e. The smallest absolute Gasteiger partial charge is 0.188 e. The topological polar surface area (TPSA) is 51.2 Å². The van der Waals surface area contributed by atoms with Gasteiger partial charge >= 0.3 is 0 Å². The molecule has 0 aliphatic heterocycles. The lowest BCUT2D eigenvalue weighted by atomic mass is 9.78. The Kier molecular flexibility index (Phi) is 6.09. The van der Waals surface area contributed by atoms with Gasteiger partial charge in [-0.05, 0) is 17.5 Å². The van der Waals surface area contributed by atoms with Crippen LogP contribution in [0, 0.1) is 0 Å². The molecule has 1 aliphatic rings. The predicted octanol–water partition coefficient (Wildman–Crippen LogP) is 6.19. The number of aryl methyl sites for hydroxylation is 1. The Labute approximate surface area is 198 Å². The number of hydrogen-bond acceptors (Lipinski definition) is 3. The highest BCUT2D eigenvalue weighted by atomic mass is 79.9. The normalized spacial score (nSPS) is 16.6. The number of rotatable bonds is 6. The van der Waals surface area contributed by atoms with Gasteiger partial charge in [-0.3, -0.25) is 14.4 Å². The molecule has 31 heavy (non-hydrogen) atoms. The summed E-state index contributed by atoms with van der Waals surface area (Å²) in [6, 6.07) is 23.5. The monoisotopic (exact) mass is 538 g/mol. The van der Waals surface area contributed by atoms with Gasteiger partial charge in [-0.25, -0.2) is 0 Å². The fourth-order valence-corrected chi connectivity index (χ4v) is 6.41. The highest BCUT2D eigenvalue weighted by molar-refractivity contribution is 9.11. The number of alkyl halides is 2. The van der Waals surface area contributed by atoms with Crippen molar-refractivity contribution in [2.75, 3.05) is 0 Å². The zero-order chi connectivity index (χ0) is 22.2. The van der Waals surface area contributed by atoms with Gasteiger partial charge in [0, 0.05) is 22.6 Å². The van der Waals surface area contributed by atoms with Crippen LogP contribution in [0.1, 0.15) is 55.0 Å². The summed E-state index contributed by atoms with van der Waals surface area (Å²) in [6.07, 6.45) is 0.880. The van der Waals surface area contributed by atoms with E-state index >= 15 is 0 Å². The lowest BCUT2D eigenvalue weighted by Crippen LogP contribution is -2.46. The van der Waals surface area contributed by atoms with Gasteiger partial charge in [0.05, 0.1) is 4.83 Å². The Balaban J connectivity index is 1.81. The Hall–Kier alpha value is -2.37. The third-order valence-corrected chi connectivity index (χ3v) is 8.01. The van der Waals surface area contributed by atoms with Crippen molar-refractivity contribution in [2.45, 2.75) is 28.4 Å². The summed E-state index contributed by atoms with van der Waals surface area (Å²) in [5.74, 6) is -1.55. The molecule has 0 fully saturated rings. The van der Waals surface area contributed by atoms with Crippen molar-refractivity contribution in [3.05, 3.63) is 107 Å². The van der Waals surface area contributed by atoms with Crippen LogP contribution >= 0.6 is 31.9 Å². The van der Waals surface area contributed by atoms with E-state index in [0.717, 1.165) is 17.5 Å². The standard InChI is InChI=1S/C26H20Br2O3/c1-2-16-12-14-18(15-13-16)23(29)22(27)21(17-8-4-3-5-9-17)26(28)24(30)19-10-6-7-11-20(19)25(26)31/h3-15,21-22H,2H2,1H3/t21-,22-/m1/s1. The number of benzene rings is 3. The summed E-state index contributed by atoms with van der Waals surface area (Å²) in [7, 11) is 0. The molecule has 0 spiro atoms. The molecule has 4 rings (SSSR count). The van der Waals surface area contributed by atoms with Crippen LogP contribution in [0.4, 0.5) is 0 Å². The van der Waals surface area contributed by atoms with E-state index in [-0.39, 0.29) is 17.3 Å². The van der Waals surface area contributed by atoms with Crippen LogP contribution in [0.15, 0.2) is 78.9 Å². The molecule has 0 N–H and O–H groups in total. The maximum absolute atomic E-state index is 13.5. The summed E-state index contributed by atoms with van der Waals surface area (Å²) < 4.78 is -1.56. The Morgan fingerprint density at radius 2 is 1.35 bits per heavy atom. The molecule has 1 aliphatic carbocycles. The minimum Gasteiger partial charge on any atom is -0.293 e. The summed E-state index contributed by atoms with van der Waals surface area (Å²) in [5, 5.41) is 0. The Morgan fingerprint density at radius 3 is 1.87 bits per heavy atom. The van der Waals surface area contributed by atoms with E-state index < -0.39 is 15.1 Å². The minimum atomic E-state index is -1.56. The molecule has 0 heterocycles. The van der Waals surface area contributed by atoms with E-state index in [9.17, 15) is 14.4 Å². The highest BCUT2D eigenvalue weighted by Gasteiger charge is 2.59. The maximum Gasteiger partial charge on any atom is 0.188 e. The fraction of sp³-hybridized carbons (Fsp3) is 0.192. The number of Topliss-reactive ketones (excluding diaryl/α,β-unsaturated/α-hetero) is 3. The molecule has 3 nitrogen and oxygen atoms in total. The summed E-state index contributed by atoms with van der Waals surface area (Å²) in [5.41, 5.74) is 3.16. The molecule has 0 saturated carbocycles. The number of halogens is 2. The van der Waals surface area contributed by atoms with Crippen molar-refractivity contribution in [3.8, 4) is 0 Å². The maximum atomic E-state index is 13.5. The second-order valence-corrected chi connectivity index (χ2v) is 9.86. The lowest BCUT2D eigenvalue weighted by molar-refractivity contribution is 0.0844. The third-order valence-electron chi connectivity index (χ3n) is 5.85. The van der Waals surface area contributed by atoms with Gasteiger partial charge < -0.3 is 0 Å². The Bertz CT molecular complexity index is 1120. The second kappa shape index (κ2) is 8.64. The molecule has 3 aromatic rings. The molecule has 0 aromatic heterocycles.